The van der Waals surface area contributed by atoms with Crippen LogP contribution in [0.3, 0.4) is 0 Å². The minimum Gasteiger partial charge on any atom is -0.228 e. The molecular weight excluding hydrogens is 749 g/mol. The maximum atomic E-state index is 5.25. The SMILES string of the molecule is C=C1Cc2ccc3ccccc3c2C(c2ccccc2)=CC1c1ccc(-c2ccc(-c3cc(-c4cccc(-c5ccccc5)c4)nc(-c4ccccc4)n3)c3ccccc23)cc1. The number of rotatable bonds is 7. The molecule has 0 N–H and O–H groups in total. The van der Waals surface area contributed by atoms with Gasteiger partial charge in [0.05, 0.1) is 11.4 Å². The molecule has 0 saturated carbocycles. The fraction of sp³-hybridized carbons (Fsp3) is 0.0333. The molecule has 9 aromatic carbocycles. The molecule has 0 aliphatic heterocycles. The van der Waals surface area contributed by atoms with Gasteiger partial charge in [-0.15, -0.1) is 0 Å². The summed E-state index contributed by atoms with van der Waals surface area (Å²) < 4.78 is 0. The normalized spacial score (nSPS) is 13.7. The van der Waals surface area contributed by atoms with Crippen LogP contribution >= 0.6 is 0 Å². The van der Waals surface area contributed by atoms with Gasteiger partial charge in [0.2, 0.25) is 0 Å². The van der Waals surface area contributed by atoms with Gasteiger partial charge in [0.1, 0.15) is 0 Å². The van der Waals surface area contributed by atoms with Crippen molar-refractivity contribution in [3.05, 3.63) is 259 Å². The average molecular weight is 791 g/mol. The number of hydrogen-bond acceptors (Lipinski definition) is 2. The van der Waals surface area contributed by atoms with E-state index in [9.17, 15) is 0 Å². The molecule has 1 aromatic heterocycles. The highest BCUT2D eigenvalue weighted by molar-refractivity contribution is 6.05. The highest BCUT2D eigenvalue weighted by atomic mass is 14.9. The zero-order valence-electron chi connectivity index (χ0n) is 34.2. The predicted octanol–water partition coefficient (Wildman–Crippen LogP) is 15.4. The molecule has 0 bridgehead atoms. The Labute approximate surface area is 362 Å². The first-order chi connectivity index (χ1) is 30.6. The highest BCUT2D eigenvalue weighted by Crippen LogP contribution is 2.43. The van der Waals surface area contributed by atoms with Crippen LogP contribution < -0.4 is 0 Å². The maximum absolute atomic E-state index is 5.25. The second kappa shape index (κ2) is 15.9. The van der Waals surface area contributed by atoms with Crippen molar-refractivity contribution in [2.75, 3.05) is 0 Å². The highest BCUT2D eigenvalue weighted by Gasteiger charge is 2.24. The first kappa shape index (κ1) is 37.1. The Morgan fingerprint density at radius 2 is 0.984 bits per heavy atom. The first-order valence-electron chi connectivity index (χ1n) is 21.3. The Bertz CT molecular complexity index is 3310. The van der Waals surface area contributed by atoms with E-state index in [4.69, 9.17) is 16.5 Å². The van der Waals surface area contributed by atoms with Gasteiger partial charge in [-0.3, -0.25) is 0 Å². The molecule has 292 valence electrons. The molecule has 0 amide bonds. The molecule has 11 rings (SSSR count). The maximum Gasteiger partial charge on any atom is 0.160 e. The van der Waals surface area contributed by atoms with Gasteiger partial charge < -0.3 is 0 Å². The molecule has 10 aromatic rings. The van der Waals surface area contributed by atoms with E-state index in [1.54, 1.807) is 0 Å². The van der Waals surface area contributed by atoms with E-state index in [1.807, 2.05) is 18.2 Å². The lowest BCUT2D eigenvalue weighted by molar-refractivity contribution is 0.947. The van der Waals surface area contributed by atoms with Crippen LogP contribution in [0, 0.1) is 0 Å². The summed E-state index contributed by atoms with van der Waals surface area (Å²) in [6.45, 7) is 4.71. The van der Waals surface area contributed by atoms with E-state index >= 15 is 0 Å². The summed E-state index contributed by atoms with van der Waals surface area (Å²) >= 11 is 0. The van der Waals surface area contributed by atoms with Crippen LogP contribution in [0.5, 0.6) is 0 Å². The van der Waals surface area contributed by atoms with Crippen LogP contribution in [0.4, 0.5) is 0 Å². The van der Waals surface area contributed by atoms with E-state index in [-0.39, 0.29) is 5.92 Å². The fourth-order valence-corrected chi connectivity index (χ4v) is 9.28. The van der Waals surface area contributed by atoms with E-state index < -0.39 is 0 Å². The molecule has 1 unspecified atom stereocenters. The minimum absolute atomic E-state index is 0.0590. The smallest absolute Gasteiger partial charge is 0.160 e. The first-order valence-corrected chi connectivity index (χ1v) is 21.3. The monoisotopic (exact) mass is 790 g/mol. The van der Waals surface area contributed by atoms with Gasteiger partial charge in [0.25, 0.3) is 0 Å². The van der Waals surface area contributed by atoms with Crippen molar-refractivity contribution >= 4 is 27.1 Å². The van der Waals surface area contributed by atoms with Crippen molar-refractivity contribution in [1.82, 2.24) is 9.97 Å². The summed E-state index contributed by atoms with van der Waals surface area (Å²) in [6, 6.07) is 78.0. The molecular formula is C60H42N2. The van der Waals surface area contributed by atoms with Crippen LogP contribution in [0.25, 0.3) is 83.3 Å². The van der Waals surface area contributed by atoms with Crippen LogP contribution in [-0.2, 0) is 6.42 Å². The Morgan fingerprint density at radius 1 is 0.403 bits per heavy atom. The lowest BCUT2D eigenvalue weighted by Crippen LogP contribution is -2.01. The van der Waals surface area contributed by atoms with Crippen LogP contribution in [0.2, 0.25) is 0 Å². The van der Waals surface area contributed by atoms with Gasteiger partial charge in [0, 0.05) is 22.6 Å². The molecule has 2 nitrogen and oxygen atoms in total. The van der Waals surface area contributed by atoms with Crippen molar-refractivity contribution in [3.63, 3.8) is 0 Å². The average Bonchev–Trinajstić information content (AvgIpc) is 3.50. The second-order valence-electron chi connectivity index (χ2n) is 16.2. The summed E-state index contributed by atoms with van der Waals surface area (Å²) in [5.41, 5.74) is 17.1. The van der Waals surface area contributed by atoms with Crippen LogP contribution in [0.1, 0.15) is 28.2 Å². The fourth-order valence-electron chi connectivity index (χ4n) is 9.28. The molecule has 62 heavy (non-hydrogen) atoms. The van der Waals surface area contributed by atoms with Crippen molar-refractivity contribution in [2.45, 2.75) is 12.3 Å². The largest absolute Gasteiger partial charge is 0.228 e. The molecule has 0 fully saturated rings. The number of nitrogens with zero attached hydrogens (tertiary/aromatic N) is 2. The summed E-state index contributed by atoms with van der Waals surface area (Å²) in [6.07, 6.45) is 3.27. The quantitative estimate of drug-likeness (QED) is 0.150. The van der Waals surface area contributed by atoms with Crippen molar-refractivity contribution in [3.8, 4) is 56.2 Å². The van der Waals surface area contributed by atoms with Crippen molar-refractivity contribution in [1.29, 1.82) is 0 Å². The zero-order valence-corrected chi connectivity index (χ0v) is 34.2. The van der Waals surface area contributed by atoms with Gasteiger partial charge in [-0.05, 0) is 90.2 Å². The summed E-state index contributed by atoms with van der Waals surface area (Å²) in [5, 5.41) is 4.86. The molecule has 2 heteroatoms. The molecule has 1 heterocycles. The van der Waals surface area contributed by atoms with Crippen LogP contribution in [-0.4, -0.2) is 9.97 Å². The lowest BCUT2D eigenvalue weighted by atomic mass is 9.87. The van der Waals surface area contributed by atoms with E-state index in [0.29, 0.717) is 5.82 Å². The second-order valence-corrected chi connectivity index (χ2v) is 16.2. The van der Waals surface area contributed by atoms with Gasteiger partial charge in [-0.2, -0.15) is 0 Å². The third-order valence-corrected chi connectivity index (χ3v) is 12.4. The number of benzene rings is 9. The Balaban J connectivity index is 0.990. The predicted molar refractivity (Wildman–Crippen MR) is 260 cm³/mol. The minimum atomic E-state index is 0.0590. The molecule has 0 spiro atoms. The van der Waals surface area contributed by atoms with Gasteiger partial charge in [-0.1, -0.05) is 224 Å². The van der Waals surface area contributed by atoms with E-state index in [0.717, 1.165) is 45.4 Å². The molecule has 0 radical (unpaired) electrons. The van der Waals surface area contributed by atoms with Crippen LogP contribution in [0.15, 0.2) is 237 Å². The molecule has 0 saturated heterocycles. The van der Waals surface area contributed by atoms with Crippen molar-refractivity contribution < 1.29 is 0 Å². The standard InChI is InChI=1S/C60H42N2/c1-40-36-49-33-32-43-20-11-12-25-51(43)59(49)56(42-18-7-3-8-19-42)38-55(40)45-30-28-44(29-31-45)50-34-35-54(53-27-14-13-26-52(50)53)58-39-57(61-60(62-58)46-21-9-4-10-22-46)48-24-15-23-47(37-48)41-16-5-2-6-17-41/h2-35,37-39,55H,1,36H2. The van der Waals surface area contributed by atoms with Gasteiger partial charge >= 0.3 is 0 Å². The third kappa shape index (κ3) is 6.92. The van der Waals surface area contributed by atoms with E-state index in [2.05, 4.69) is 206 Å². The lowest BCUT2D eigenvalue weighted by Gasteiger charge is -2.17. The van der Waals surface area contributed by atoms with Gasteiger partial charge in [0.15, 0.2) is 5.82 Å². The summed E-state index contributed by atoms with van der Waals surface area (Å²) in [7, 11) is 0. The molecule has 1 atom stereocenters. The summed E-state index contributed by atoms with van der Waals surface area (Å²) in [4.78, 5) is 10.4. The topological polar surface area (TPSA) is 25.8 Å². The Hall–Kier alpha value is -7.94. The van der Waals surface area contributed by atoms with Gasteiger partial charge in [-0.25, -0.2) is 9.97 Å². The molecule has 1 aliphatic rings. The molecule has 1 aliphatic carbocycles. The van der Waals surface area contributed by atoms with Crippen molar-refractivity contribution in [2.24, 2.45) is 0 Å². The Kier molecular flexibility index (Phi) is 9.52. The van der Waals surface area contributed by atoms with E-state index in [1.165, 1.54) is 66.2 Å². The zero-order chi connectivity index (χ0) is 41.4. The Morgan fingerprint density at radius 3 is 1.73 bits per heavy atom. The number of hydrogen-bond donors (Lipinski definition) is 0. The number of fused-ring (bicyclic) bond motifs is 4. The number of allylic oxidation sites excluding steroid dienone is 2. The third-order valence-electron chi connectivity index (χ3n) is 12.4. The summed E-state index contributed by atoms with van der Waals surface area (Å²) in [5.74, 6) is 0.761. The number of aromatic nitrogens is 2.